The number of benzene rings is 2. The van der Waals surface area contributed by atoms with E-state index < -0.39 is 10.0 Å². The molecule has 10 heteroatoms. The van der Waals surface area contributed by atoms with Crippen molar-refractivity contribution in [3.05, 3.63) is 58.1 Å². The summed E-state index contributed by atoms with van der Waals surface area (Å²) in [6.45, 7) is 0.604. The van der Waals surface area contributed by atoms with Crippen molar-refractivity contribution in [1.29, 1.82) is 5.26 Å². The van der Waals surface area contributed by atoms with Crippen LogP contribution in [0.5, 0.6) is 5.75 Å². The van der Waals surface area contributed by atoms with Crippen molar-refractivity contribution in [3.8, 4) is 11.8 Å². The van der Waals surface area contributed by atoms with Gasteiger partial charge in [-0.1, -0.05) is 41.4 Å². The Kier molecular flexibility index (Phi) is 7.21. The van der Waals surface area contributed by atoms with Crippen molar-refractivity contribution in [3.63, 3.8) is 0 Å². The molecule has 3 rings (SSSR count). The topological polar surface area (TPSA) is 90.7 Å². The molecule has 0 aliphatic carbocycles. The van der Waals surface area contributed by atoms with E-state index in [-0.39, 0.29) is 53.6 Å². The van der Waals surface area contributed by atoms with Crippen LogP contribution >= 0.6 is 23.2 Å². The highest BCUT2D eigenvalue weighted by molar-refractivity contribution is 7.89. The smallest absolute Gasteiger partial charge is 0.260 e. The lowest BCUT2D eigenvalue weighted by molar-refractivity contribution is -0.134. The summed E-state index contributed by atoms with van der Waals surface area (Å²) in [4.78, 5) is 13.9. The summed E-state index contributed by atoms with van der Waals surface area (Å²) in [7, 11) is -3.86. The summed E-state index contributed by atoms with van der Waals surface area (Å²) in [5, 5.41) is 8.81. The van der Waals surface area contributed by atoms with Crippen LogP contribution in [0.4, 0.5) is 0 Å². The van der Waals surface area contributed by atoms with E-state index >= 15 is 0 Å². The van der Waals surface area contributed by atoms with Crippen LogP contribution in [0.3, 0.4) is 0 Å². The van der Waals surface area contributed by atoms with Crippen LogP contribution in [-0.2, 0) is 21.2 Å². The normalized spacial score (nSPS) is 14.9. The number of amides is 1. The van der Waals surface area contributed by atoms with Gasteiger partial charge in [-0.15, -0.1) is 0 Å². The Bertz CT molecular complexity index is 1040. The Morgan fingerprint density at radius 2 is 1.63 bits per heavy atom. The van der Waals surface area contributed by atoms with E-state index in [0.29, 0.717) is 12.2 Å². The number of carbonyl (C=O) groups excluding carboxylic acids is 1. The van der Waals surface area contributed by atoms with E-state index in [2.05, 4.69) is 6.07 Å². The quantitative estimate of drug-likeness (QED) is 0.650. The molecule has 1 aliphatic heterocycles. The maximum atomic E-state index is 12.9. The first kappa shape index (κ1) is 22.4. The van der Waals surface area contributed by atoms with Crippen molar-refractivity contribution in [2.24, 2.45) is 0 Å². The standard InChI is InChI=1S/C20H19Cl2N3O4S/c21-17-2-1-3-18(22)20(17)30(27,28)25-12-10-24(11-13-25)19(26)14-29-16-6-4-15(5-7-16)8-9-23/h1-7H,8,10-14H2. The third-order valence-corrected chi connectivity index (χ3v) is 7.53. The van der Waals surface area contributed by atoms with Gasteiger partial charge >= 0.3 is 0 Å². The number of rotatable bonds is 6. The molecule has 30 heavy (non-hydrogen) atoms. The fraction of sp³-hybridized carbons (Fsp3) is 0.300. The third kappa shape index (κ3) is 5.05. The van der Waals surface area contributed by atoms with Gasteiger partial charge in [0.2, 0.25) is 10.0 Å². The molecule has 0 saturated carbocycles. The highest BCUT2D eigenvalue weighted by atomic mass is 35.5. The molecule has 1 amide bonds. The number of ether oxygens (including phenoxy) is 1. The van der Waals surface area contributed by atoms with E-state index in [1.165, 1.54) is 16.4 Å². The van der Waals surface area contributed by atoms with Crippen molar-refractivity contribution in [2.75, 3.05) is 32.8 Å². The lowest BCUT2D eigenvalue weighted by Crippen LogP contribution is -2.51. The lowest BCUT2D eigenvalue weighted by atomic mass is 10.2. The monoisotopic (exact) mass is 467 g/mol. The number of hydrogen-bond acceptors (Lipinski definition) is 5. The molecule has 2 aromatic rings. The summed E-state index contributed by atoms with van der Waals surface area (Å²) in [6.07, 6.45) is 0.311. The summed E-state index contributed by atoms with van der Waals surface area (Å²) in [6, 6.07) is 13.6. The number of piperazine rings is 1. The van der Waals surface area contributed by atoms with Crippen molar-refractivity contribution in [1.82, 2.24) is 9.21 Å². The zero-order valence-electron chi connectivity index (χ0n) is 15.9. The second kappa shape index (κ2) is 9.67. The molecule has 0 spiro atoms. The largest absolute Gasteiger partial charge is 0.484 e. The van der Waals surface area contributed by atoms with E-state index in [1.54, 1.807) is 35.2 Å². The number of carbonyl (C=O) groups is 1. The van der Waals surface area contributed by atoms with Crippen LogP contribution in [-0.4, -0.2) is 56.3 Å². The van der Waals surface area contributed by atoms with E-state index in [1.807, 2.05) is 0 Å². The van der Waals surface area contributed by atoms with E-state index in [0.717, 1.165) is 5.56 Å². The van der Waals surface area contributed by atoms with Crippen LogP contribution in [0.2, 0.25) is 10.0 Å². The molecule has 1 aliphatic rings. The second-order valence-corrected chi connectivity index (χ2v) is 9.29. The zero-order valence-corrected chi connectivity index (χ0v) is 18.3. The second-order valence-electron chi connectivity index (χ2n) is 6.60. The van der Waals surface area contributed by atoms with Gasteiger partial charge in [0, 0.05) is 26.2 Å². The number of nitriles is 1. The average molecular weight is 468 g/mol. The van der Waals surface area contributed by atoms with Crippen LogP contribution in [0.1, 0.15) is 5.56 Å². The van der Waals surface area contributed by atoms with Gasteiger partial charge < -0.3 is 9.64 Å². The number of hydrogen-bond donors (Lipinski definition) is 0. The Balaban J connectivity index is 1.56. The molecular formula is C20H19Cl2N3O4S. The minimum Gasteiger partial charge on any atom is -0.484 e. The summed E-state index contributed by atoms with van der Waals surface area (Å²) < 4.78 is 32.6. The van der Waals surface area contributed by atoms with Crippen LogP contribution in [0.25, 0.3) is 0 Å². The molecule has 0 unspecified atom stereocenters. The highest BCUT2D eigenvalue weighted by Gasteiger charge is 2.33. The molecule has 0 N–H and O–H groups in total. The highest BCUT2D eigenvalue weighted by Crippen LogP contribution is 2.31. The van der Waals surface area contributed by atoms with Crippen molar-refractivity contribution in [2.45, 2.75) is 11.3 Å². The maximum Gasteiger partial charge on any atom is 0.260 e. The SMILES string of the molecule is N#CCc1ccc(OCC(=O)N2CCN(S(=O)(=O)c3c(Cl)cccc3Cl)CC2)cc1. The third-order valence-electron chi connectivity index (χ3n) is 4.68. The van der Waals surface area contributed by atoms with Gasteiger partial charge in [-0.2, -0.15) is 9.57 Å². The fourth-order valence-corrected chi connectivity index (χ4v) is 5.58. The zero-order chi connectivity index (χ0) is 21.7. The van der Waals surface area contributed by atoms with Crippen molar-refractivity contribution < 1.29 is 17.9 Å². The minimum absolute atomic E-state index is 0.0650. The molecule has 0 radical (unpaired) electrons. The molecule has 1 fully saturated rings. The molecule has 1 heterocycles. The first-order valence-electron chi connectivity index (χ1n) is 9.13. The molecule has 7 nitrogen and oxygen atoms in total. The average Bonchev–Trinajstić information content (AvgIpc) is 2.73. The first-order chi connectivity index (χ1) is 14.3. The van der Waals surface area contributed by atoms with Gasteiger partial charge in [0.15, 0.2) is 6.61 Å². The number of sulfonamides is 1. The molecule has 0 atom stereocenters. The molecule has 0 aromatic heterocycles. The van der Waals surface area contributed by atoms with E-state index in [9.17, 15) is 13.2 Å². The summed E-state index contributed by atoms with van der Waals surface area (Å²) in [5.74, 6) is 0.295. The first-order valence-corrected chi connectivity index (χ1v) is 11.3. The molecule has 0 bridgehead atoms. The van der Waals surface area contributed by atoms with Crippen LogP contribution in [0, 0.1) is 11.3 Å². The van der Waals surface area contributed by atoms with E-state index in [4.69, 9.17) is 33.2 Å². The predicted octanol–water partition coefficient (Wildman–Crippen LogP) is 2.97. The van der Waals surface area contributed by atoms with Gasteiger partial charge in [-0.3, -0.25) is 4.79 Å². The van der Waals surface area contributed by atoms with Gasteiger partial charge in [0.1, 0.15) is 10.6 Å². The Morgan fingerprint density at radius 1 is 1.03 bits per heavy atom. The van der Waals surface area contributed by atoms with Gasteiger partial charge in [0.25, 0.3) is 5.91 Å². The number of halogens is 2. The van der Waals surface area contributed by atoms with Gasteiger partial charge in [0.05, 0.1) is 22.5 Å². The predicted molar refractivity (Wildman–Crippen MR) is 113 cm³/mol. The fourth-order valence-electron chi connectivity index (χ4n) is 3.07. The molecular weight excluding hydrogens is 449 g/mol. The number of nitrogens with zero attached hydrogens (tertiary/aromatic N) is 3. The van der Waals surface area contributed by atoms with Crippen LogP contribution < -0.4 is 4.74 Å². The van der Waals surface area contributed by atoms with Crippen LogP contribution in [0.15, 0.2) is 47.4 Å². The molecule has 1 saturated heterocycles. The lowest BCUT2D eigenvalue weighted by Gasteiger charge is -2.34. The molecule has 2 aromatic carbocycles. The summed E-state index contributed by atoms with van der Waals surface area (Å²) >= 11 is 12.1. The minimum atomic E-state index is -3.86. The van der Waals surface area contributed by atoms with Gasteiger partial charge in [-0.25, -0.2) is 8.42 Å². The Hall–Kier alpha value is -2.31. The summed E-state index contributed by atoms with van der Waals surface area (Å²) in [5.41, 5.74) is 0.868. The maximum absolute atomic E-state index is 12.9. The Morgan fingerprint density at radius 3 is 2.20 bits per heavy atom. The molecule has 158 valence electrons. The van der Waals surface area contributed by atoms with Crippen molar-refractivity contribution >= 4 is 39.1 Å². The Labute approximate surface area is 185 Å². The van der Waals surface area contributed by atoms with Gasteiger partial charge in [-0.05, 0) is 29.8 Å².